The van der Waals surface area contributed by atoms with Crippen molar-refractivity contribution in [3.63, 3.8) is 0 Å². The third-order valence-corrected chi connectivity index (χ3v) is 4.95. The van der Waals surface area contributed by atoms with E-state index < -0.39 is 5.97 Å². The number of ether oxygens (including phenoxy) is 1. The molecular formula is C18H13NO5S2. The predicted octanol–water partition coefficient (Wildman–Crippen LogP) is 3.50. The minimum atomic E-state index is -1.08. The maximum absolute atomic E-state index is 12.7. The van der Waals surface area contributed by atoms with E-state index in [4.69, 9.17) is 22.1 Å². The van der Waals surface area contributed by atoms with Crippen LogP contribution in [0.5, 0.6) is 11.5 Å². The number of hydrogen-bond donors (Lipinski definition) is 2. The van der Waals surface area contributed by atoms with Crippen molar-refractivity contribution in [2.45, 2.75) is 0 Å². The molecule has 2 aromatic carbocycles. The number of phenols is 1. The second-order valence-corrected chi connectivity index (χ2v) is 6.98. The van der Waals surface area contributed by atoms with Crippen LogP contribution in [0.2, 0.25) is 0 Å². The van der Waals surface area contributed by atoms with Crippen molar-refractivity contribution in [1.29, 1.82) is 0 Å². The number of aromatic hydroxyl groups is 1. The third kappa shape index (κ3) is 3.42. The van der Waals surface area contributed by atoms with Crippen LogP contribution in [0.15, 0.2) is 47.4 Å². The van der Waals surface area contributed by atoms with E-state index in [2.05, 4.69) is 0 Å². The minimum Gasteiger partial charge on any atom is -0.504 e. The molecule has 1 amide bonds. The second-order valence-electron chi connectivity index (χ2n) is 5.30. The molecule has 1 aliphatic heterocycles. The average Bonchev–Trinajstić information content (AvgIpc) is 2.90. The fourth-order valence-corrected chi connectivity index (χ4v) is 3.70. The molecular weight excluding hydrogens is 374 g/mol. The molecule has 0 aliphatic carbocycles. The lowest BCUT2D eigenvalue weighted by atomic mass is 10.1. The second kappa shape index (κ2) is 7.19. The first-order chi connectivity index (χ1) is 12.4. The fraction of sp³-hybridized carbons (Fsp3) is 0.0556. The highest BCUT2D eigenvalue weighted by molar-refractivity contribution is 8.27. The number of thioether (sulfide) groups is 1. The quantitative estimate of drug-likeness (QED) is 0.613. The molecule has 8 heteroatoms. The van der Waals surface area contributed by atoms with Crippen molar-refractivity contribution in [2.75, 3.05) is 12.0 Å². The summed E-state index contributed by atoms with van der Waals surface area (Å²) in [5.74, 6) is -1.12. The van der Waals surface area contributed by atoms with Crippen molar-refractivity contribution >= 4 is 51.9 Å². The van der Waals surface area contributed by atoms with Crippen LogP contribution in [0, 0.1) is 0 Å². The van der Waals surface area contributed by atoms with Crippen LogP contribution in [-0.2, 0) is 4.79 Å². The normalized spacial score (nSPS) is 15.6. The van der Waals surface area contributed by atoms with Gasteiger partial charge in [0.1, 0.15) is 0 Å². The summed E-state index contributed by atoms with van der Waals surface area (Å²) in [6.07, 6.45) is 1.64. The molecule has 0 bridgehead atoms. The summed E-state index contributed by atoms with van der Waals surface area (Å²) in [5.41, 5.74) is 1.14. The van der Waals surface area contributed by atoms with Crippen LogP contribution in [0.3, 0.4) is 0 Å². The maximum Gasteiger partial charge on any atom is 0.335 e. The van der Waals surface area contributed by atoms with Crippen molar-refractivity contribution < 1.29 is 24.5 Å². The molecule has 0 atom stereocenters. The Bertz CT molecular complexity index is 954. The summed E-state index contributed by atoms with van der Waals surface area (Å²) in [4.78, 5) is 25.6. The Morgan fingerprint density at radius 3 is 2.73 bits per heavy atom. The zero-order chi connectivity index (χ0) is 18.8. The molecule has 1 heterocycles. The van der Waals surface area contributed by atoms with Gasteiger partial charge in [0, 0.05) is 0 Å². The first-order valence-corrected chi connectivity index (χ1v) is 8.61. The smallest absolute Gasteiger partial charge is 0.335 e. The topological polar surface area (TPSA) is 87.1 Å². The van der Waals surface area contributed by atoms with Crippen molar-refractivity contribution in [2.24, 2.45) is 0 Å². The number of carboxylic acids is 1. The number of carbonyl (C=O) groups excluding carboxylic acids is 1. The summed E-state index contributed by atoms with van der Waals surface area (Å²) < 4.78 is 5.38. The van der Waals surface area contributed by atoms with Crippen LogP contribution in [-0.4, -0.2) is 33.5 Å². The first kappa shape index (κ1) is 18.0. The van der Waals surface area contributed by atoms with Gasteiger partial charge in [0.25, 0.3) is 5.91 Å². The van der Waals surface area contributed by atoms with Crippen LogP contribution in [0.1, 0.15) is 15.9 Å². The molecule has 1 saturated heterocycles. The highest BCUT2D eigenvalue weighted by Crippen LogP contribution is 2.37. The SMILES string of the molecule is COc1cc(/C=C2\SC(=S)N(c3cccc(C(=O)O)c3)C2=O)ccc1O. The van der Waals surface area contributed by atoms with Gasteiger partial charge in [-0.2, -0.15) is 0 Å². The molecule has 132 valence electrons. The number of hydrogen-bond acceptors (Lipinski definition) is 6. The van der Waals surface area contributed by atoms with Gasteiger partial charge < -0.3 is 14.9 Å². The number of phenolic OH excluding ortho intramolecular Hbond substituents is 1. The first-order valence-electron chi connectivity index (χ1n) is 7.39. The third-order valence-electron chi connectivity index (χ3n) is 3.65. The number of rotatable bonds is 4. The number of thiocarbonyl (C=S) groups is 1. The highest BCUT2D eigenvalue weighted by atomic mass is 32.2. The van der Waals surface area contributed by atoms with Gasteiger partial charge in [0.15, 0.2) is 15.8 Å². The van der Waals surface area contributed by atoms with Gasteiger partial charge in [0.2, 0.25) is 0 Å². The lowest BCUT2D eigenvalue weighted by Gasteiger charge is -2.14. The summed E-state index contributed by atoms with van der Waals surface area (Å²) in [6.45, 7) is 0. The number of amides is 1. The molecule has 0 saturated carbocycles. The van der Waals surface area contributed by atoms with Crippen LogP contribution in [0.4, 0.5) is 5.69 Å². The van der Waals surface area contributed by atoms with E-state index in [0.29, 0.717) is 26.2 Å². The molecule has 2 N–H and O–H groups in total. The zero-order valence-electron chi connectivity index (χ0n) is 13.5. The molecule has 1 aliphatic rings. The number of anilines is 1. The van der Waals surface area contributed by atoms with Crippen LogP contribution in [0.25, 0.3) is 6.08 Å². The van der Waals surface area contributed by atoms with Gasteiger partial charge in [-0.25, -0.2) is 4.79 Å². The Balaban J connectivity index is 1.94. The number of nitrogens with zero attached hydrogens (tertiary/aromatic N) is 1. The molecule has 0 spiro atoms. The number of aromatic carboxylic acids is 1. The van der Waals surface area contributed by atoms with E-state index >= 15 is 0 Å². The van der Waals surface area contributed by atoms with Crippen molar-refractivity contribution in [3.05, 3.63) is 58.5 Å². The van der Waals surface area contributed by atoms with Gasteiger partial charge in [-0.3, -0.25) is 9.69 Å². The van der Waals surface area contributed by atoms with E-state index in [0.717, 1.165) is 11.8 Å². The van der Waals surface area contributed by atoms with E-state index in [1.165, 1.54) is 30.2 Å². The Labute approximate surface area is 158 Å². The molecule has 0 aromatic heterocycles. The largest absolute Gasteiger partial charge is 0.504 e. The van der Waals surface area contributed by atoms with E-state index in [1.54, 1.807) is 30.3 Å². The lowest BCUT2D eigenvalue weighted by molar-refractivity contribution is -0.113. The lowest BCUT2D eigenvalue weighted by Crippen LogP contribution is -2.27. The Morgan fingerprint density at radius 2 is 2.04 bits per heavy atom. The van der Waals surface area contributed by atoms with E-state index in [9.17, 15) is 14.7 Å². The van der Waals surface area contributed by atoms with Crippen LogP contribution >= 0.6 is 24.0 Å². The summed E-state index contributed by atoms with van der Waals surface area (Å²) >= 11 is 6.41. The average molecular weight is 387 g/mol. The summed E-state index contributed by atoms with van der Waals surface area (Å²) in [5, 5.41) is 18.8. The molecule has 0 radical (unpaired) electrons. The summed E-state index contributed by atoms with van der Waals surface area (Å²) in [6, 6.07) is 10.8. The summed E-state index contributed by atoms with van der Waals surface area (Å²) in [7, 11) is 1.44. The van der Waals surface area contributed by atoms with Crippen molar-refractivity contribution in [1.82, 2.24) is 0 Å². The molecule has 6 nitrogen and oxygen atoms in total. The van der Waals surface area contributed by atoms with Gasteiger partial charge in [-0.05, 0) is 42.0 Å². The number of benzene rings is 2. The highest BCUT2D eigenvalue weighted by Gasteiger charge is 2.33. The predicted molar refractivity (Wildman–Crippen MR) is 104 cm³/mol. The molecule has 0 unspecified atom stereocenters. The maximum atomic E-state index is 12.7. The minimum absolute atomic E-state index is 0.00249. The molecule has 2 aromatic rings. The Kier molecular flexibility index (Phi) is 4.97. The Hall–Kier alpha value is -2.84. The monoisotopic (exact) mass is 387 g/mol. The molecule has 3 rings (SSSR count). The molecule has 26 heavy (non-hydrogen) atoms. The zero-order valence-corrected chi connectivity index (χ0v) is 15.1. The standard InChI is InChI=1S/C18H13NO5S2/c1-24-14-7-10(5-6-13(14)20)8-15-16(21)19(18(25)26-15)12-4-2-3-11(9-12)17(22)23/h2-9,20H,1H3,(H,22,23)/b15-8-. The van der Waals surface area contributed by atoms with Gasteiger partial charge in [0.05, 0.1) is 23.3 Å². The van der Waals surface area contributed by atoms with Crippen molar-refractivity contribution in [3.8, 4) is 11.5 Å². The van der Waals surface area contributed by atoms with E-state index in [1.807, 2.05) is 0 Å². The van der Waals surface area contributed by atoms with E-state index in [-0.39, 0.29) is 17.2 Å². The Morgan fingerprint density at radius 1 is 1.27 bits per heavy atom. The van der Waals surface area contributed by atoms with Gasteiger partial charge in [-0.1, -0.05) is 36.1 Å². The number of carbonyl (C=O) groups is 2. The van der Waals surface area contributed by atoms with Gasteiger partial charge >= 0.3 is 5.97 Å². The molecule has 1 fully saturated rings. The van der Waals surface area contributed by atoms with Crippen LogP contribution < -0.4 is 9.64 Å². The fourth-order valence-electron chi connectivity index (χ4n) is 2.40. The van der Waals surface area contributed by atoms with Gasteiger partial charge in [-0.15, -0.1) is 0 Å². The number of methoxy groups -OCH3 is 1. The number of carboxylic acid groups (broad SMARTS) is 1.